The Morgan fingerprint density at radius 1 is 1.32 bits per heavy atom. The number of benzene rings is 1. The first-order chi connectivity index (χ1) is 12.2. The molecule has 1 N–H and O–H groups in total. The van der Waals surface area contributed by atoms with E-state index in [9.17, 15) is 4.79 Å². The van der Waals surface area contributed by atoms with E-state index in [4.69, 9.17) is 4.74 Å². The number of nitrogens with zero attached hydrogens (tertiary/aromatic N) is 5. The lowest BCUT2D eigenvalue weighted by Gasteiger charge is -2.13. The first kappa shape index (κ1) is 17.3. The topological polar surface area (TPSA) is 85.2 Å². The summed E-state index contributed by atoms with van der Waals surface area (Å²) in [5.74, 6) is 1.48. The summed E-state index contributed by atoms with van der Waals surface area (Å²) in [5.41, 5.74) is 1.12. The molecule has 1 fully saturated rings. The summed E-state index contributed by atoms with van der Waals surface area (Å²) in [4.78, 5) is 14.5. The van der Waals surface area contributed by atoms with Gasteiger partial charge in [-0.15, -0.1) is 5.10 Å². The van der Waals surface area contributed by atoms with Gasteiger partial charge in [0.1, 0.15) is 12.3 Å². The second-order valence-corrected chi connectivity index (χ2v) is 6.19. The van der Waals surface area contributed by atoms with Crippen molar-refractivity contribution in [2.24, 2.45) is 0 Å². The molecule has 1 amide bonds. The predicted octanol–water partition coefficient (Wildman–Crippen LogP) is 0.636. The molecule has 1 aromatic carbocycles. The molecule has 0 saturated carbocycles. The zero-order valence-corrected chi connectivity index (χ0v) is 14.5. The van der Waals surface area contributed by atoms with Gasteiger partial charge in [0.15, 0.2) is 5.82 Å². The maximum absolute atomic E-state index is 12.1. The van der Waals surface area contributed by atoms with Crippen molar-refractivity contribution in [2.45, 2.75) is 32.4 Å². The second-order valence-electron chi connectivity index (χ2n) is 6.19. The van der Waals surface area contributed by atoms with E-state index in [0.29, 0.717) is 13.1 Å². The second kappa shape index (κ2) is 8.57. The predicted molar refractivity (Wildman–Crippen MR) is 92.0 cm³/mol. The lowest BCUT2D eigenvalue weighted by Crippen LogP contribution is -2.31. The lowest BCUT2D eigenvalue weighted by molar-refractivity contribution is -0.121. The molecule has 8 nitrogen and oxygen atoms in total. The number of likely N-dealkylation sites (tertiary alicyclic amines) is 1. The van der Waals surface area contributed by atoms with Crippen LogP contribution in [-0.2, 0) is 24.3 Å². The molecular weight excluding hydrogens is 320 g/mol. The molecular formula is C17H24N6O2. The average molecular weight is 344 g/mol. The lowest BCUT2D eigenvalue weighted by atomic mass is 10.1. The van der Waals surface area contributed by atoms with Crippen LogP contribution in [0.1, 0.15) is 24.2 Å². The van der Waals surface area contributed by atoms with Crippen LogP contribution in [0.2, 0.25) is 0 Å². The monoisotopic (exact) mass is 344 g/mol. The molecule has 3 rings (SSSR count). The maximum Gasteiger partial charge on any atom is 0.241 e. The minimum atomic E-state index is -0.0853. The number of amides is 1. The van der Waals surface area contributed by atoms with Crippen molar-refractivity contribution in [1.29, 1.82) is 0 Å². The Hall–Kier alpha value is -2.48. The van der Waals surface area contributed by atoms with Gasteiger partial charge in [0, 0.05) is 6.54 Å². The highest BCUT2D eigenvalue weighted by Crippen LogP contribution is 2.12. The quantitative estimate of drug-likeness (QED) is 0.756. The standard InChI is InChI=1S/C17H24N6O2/c1-25-15-6-4-5-14(11-15)7-8-18-17(24)13-23-16(19-20-21-23)12-22-9-2-3-10-22/h4-6,11H,2-3,7-10,12-13H2,1H3,(H,18,24). The molecule has 1 aliphatic rings. The first-order valence-electron chi connectivity index (χ1n) is 8.61. The van der Waals surface area contributed by atoms with Crippen molar-refractivity contribution in [3.05, 3.63) is 35.7 Å². The molecule has 0 bridgehead atoms. The van der Waals surface area contributed by atoms with Crippen LogP contribution < -0.4 is 10.1 Å². The smallest absolute Gasteiger partial charge is 0.241 e. The van der Waals surface area contributed by atoms with Crippen molar-refractivity contribution < 1.29 is 9.53 Å². The first-order valence-corrected chi connectivity index (χ1v) is 8.61. The van der Waals surface area contributed by atoms with E-state index in [1.165, 1.54) is 12.8 Å². The minimum Gasteiger partial charge on any atom is -0.497 e. The summed E-state index contributed by atoms with van der Waals surface area (Å²) in [7, 11) is 1.65. The summed E-state index contributed by atoms with van der Waals surface area (Å²) in [6, 6.07) is 7.84. The number of ether oxygens (including phenoxy) is 1. The molecule has 1 aromatic heterocycles. The maximum atomic E-state index is 12.1. The molecule has 2 aromatic rings. The van der Waals surface area contributed by atoms with Gasteiger partial charge in [-0.25, -0.2) is 4.68 Å². The molecule has 0 unspecified atom stereocenters. The Balaban J connectivity index is 1.45. The van der Waals surface area contributed by atoms with Crippen LogP contribution in [0.4, 0.5) is 0 Å². The van der Waals surface area contributed by atoms with Gasteiger partial charge in [-0.3, -0.25) is 9.69 Å². The third-order valence-electron chi connectivity index (χ3n) is 4.33. The van der Waals surface area contributed by atoms with Gasteiger partial charge in [0.05, 0.1) is 13.7 Å². The van der Waals surface area contributed by atoms with E-state index in [0.717, 1.165) is 36.6 Å². The van der Waals surface area contributed by atoms with E-state index < -0.39 is 0 Å². The summed E-state index contributed by atoms with van der Waals surface area (Å²) < 4.78 is 6.79. The fourth-order valence-corrected chi connectivity index (χ4v) is 2.97. The van der Waals surface area contributed by atoms with Gasteiger partial charge in [0.2, 0.25) is 5.91 Å². The average Bonchev–Trinajstić information content (AvgIpc) is 3.28. The van der Waals surface area contributed by atoms with Gasteiger partial charge in [-0.05, 0) is 60.5 Å². The molecule has 2 heterocycles. The van der Waals surface area contributed by atoms with Crippen molar-refractivity contribution in [3.63, 3.8) is 0 Å². The summed E-state index contributed by atoms with van der Waals surface area (Å²) >= 11 is 0. The van der Waals surface area contributed by atoms with Crippen molar-refractivity contribution in [3.8, 4) is 5.75 Å². The Labute approximate surface area is 147 Å². The molecule has 134 valence electrons. The van der Waals surface area contributed by atoms with Crippen LogP contribution in [-0.4, -0.2) is 57.8 Å². The van der Waals surface area contributed by atoms with Crippen molar-refractivity contribution >= 4 is 5.91 Å². The van der Waals surface area contributed by atoms with E-state index >= 15 is 0 Å². The van der Waals surface area contributed by atoms with Gasteiger partial charge >= 0.3 is 0 Å². The van der Waals surface area contributed by atoms with Crippen molar-refractivity contribution in [1.82, 2.24) is 30.4 Å². The number of methoxy groups -OCH3 is 1. The number of hydrogen-bond donors (Lipinski definition) is 1. The largest absolute Gasteiger partial charge is 0.497 e. The molecule has 1 saturated heterocycles. The molecule has 25 heavy (non-hydrogen) atoms. The van der Waals surface area contributed by atoms with Crippen LogP contribution in [0.3, 0.4) is 0 Å². The Morgan fingerprint density at radius 2 is 2.16 bits per heavy atom. The zero-order valence-electron chi connectivity index (χ0n) is 14.5. The highest BCUT2D eigenvalue weighted by Gasteiger charge is 2.17. The van der Waals surface area contributed by atoms with Crippen LogP contribution in [0.15, 0.2) is 24.3 Å². The van der Waals surface area contributed by atoms with E-state index in [2.05, 4.69) is 25.7 Å². The number of carbonyl (C=O) groups excluding carboxylic acids is 1. The Bertz CT molecular complexity index is 696. The van der Waals surface area contributed by atoms with Gasteiger partial charge in [-0.1, -0.05) is 12.1 Å². The number of hydrogen-bond acceptors (Lipinski definition) is 6. The van der Waals surface area contributed by atoms with Crippen LogP contribution in [0, 0.1) is 0 Å². The Kier molecular flexibility index (Phi) is 5.95. The summed E-state index contributed by atoms with van der Waals surface area (Å²) in [6.45, 7) is 3.55. The van der Waals surface area contributed by atoms with E-state index in [1.54, 1.807) is 11.8 Å². The Morgan fingerprint density at radius 3 is 2.96 bits per heavy atom. The normalized spacial score (nSPS) is 14.6. The molecule has 0 atom stereocenters. The molecule has 0 spiro atoms. The summed E-state index contributed by atoms with van der Waals surface area (Å²) in [6.07, 6.45) is 3.18. The highest BCUT2D eigenvalue weighted by atomic mass is 16.5. The number of rotatable bonds is 8. The molecule has 1 aliphatic heterocycles. The number of carbonyl (C=O) groups is 1. The van der Waals surface area contributed by atoms with Gasteiger partial charge < -0.3 is 10.1 Å². The van der Waals surface area contributed by atoms with Gasteiger partial charge in [0.25, 0.3) is 0 Å². The molecule has 0 radical (unpaired) electrons. The minimum absolute atomic E-state index is 0.0853. The number of nitrogens with one attached hydrogen (secondary N) is 1. The fourth-order valence-electron chi connectivity index (χ4n) is 2.97. The van der Waals surface area contributed by atoms with Crippen LogP contribution in [0.5, 0.6) is 5.75 Å². The van der Waals surface area contributed by atoms with E-state index in [1.807, 2.05) is 24.3 Å². The van der Waals surface area contributed by atoms with Crippen molar-refractivity contribution in [2.75, 3.05) is 26.7 Å². The fraction of sp³-hybridized carbons (Fsp3) is 0.529. The zero-order chi connectivity index (χ0) is 17.5. The van der Waals surface area contributed by atoms with E-state index in [-0.39, 0.29) is 12.5 Å². The molecule has 8 heteroatoms. The SMILES string of the molecule is COc1cccc(CCNC(=O)Cn2nnnc2CN2CCCC2)c1. The van der Waals surface area contributed by atoms with Crippen LogP contribution >= 0.6 is 0 Å². The van der Waals surface area contributed by atoms with Crippen LogP contribution in [0.25, 0.3) is 0 Å². The van der Waals surface area contributed by atoms with Gasteiger partial charge in [-0.2, -0.15) is 0 Å². The summed E-state index contributed by atoms with van der Waals surface area (Å²) in [5, 5.41) is 14.6. The third kappa shape index (κ3) is 4.99. The number of tetrazole rings is 1. The highest BCUT2D eigenvalue weighted by molar-refractivity contribution is 5.75. The third-order valence-corrected chi connectivity index (χ3v) is 4.33. The molecule has 0 aliphatic carbocycles. The number of aromatic nitrogens is 4.